The first-order valence-corrected chi connectivity index (χ1v) is 5.95. The Morgan fingerprint density at radius 3 is 3.21 bits per heavy atom. The molecule has 0 saturated carbocycles. The summed E-state index contributed by atoms with van der Waals surface area (Å²) >= 11 is 7.79. The molecule has 2 nitrogen and oxygen atoms in total. The van der Waals surface area contributed by atoms with E-state index in [1.807, 2.05) is 13.1 Å². The second-order valence-electron chi connectivity index (χ2n) is 3.49. The van der Waals surface area contributed by atoms with Gasteiger partial charge in [0.15, 0.2) is 0 Å². The standard InChI is InChI=1S/C10H13ClN2S/c1-7-13-6-10(14-7)3-8-2-9(11)5-12-4-8/h2,6,9,12H,3-5H2,1H3. The number of hydrogen-bond donors (Lipinski definition) is 1. The zero-order valence-electron chi connectivity index (χ0n) is 8.09. The lowest BCUT2D eigenvalue weighted by Crippen LogP contribution is -2.30. The Kier molecular flexibility index (Phi) is 3.21. The number of alkyl halides is 1. The van der Waals surface area contributed by atoms with Crippen LogP contribution in [-0.4, -0.2) is 23.5 Å². The van der Waals surface area contributed by atoms with Crippen LogP contribution in [0.1, 0.15) is 9.88 Å². The van der Waals surface area contributed by atoms with E-state index < -0.39 is 0 Å². The summed E-state index contributed by atoms with van der Waals surface area (Å²) in [6, 6.07) is 0. The Bertz CT molecular complexity index is 346. The van der Waals surface area contributed by atoms with Gasteiger partial charge in [-0.15, -0.1) is 22.9 Å². The molecule has 1 aliphatic heterocycles. The summed E-state index contributed by atoms with van der Waals surface area (Å²) in [7, 11) is 0. The number of nitrogens with zero attached hydrogens (tertiary/aromatic N) is 1. The molecule has 1 aliphatic rings. The highest BCUT2D eigenvalue weighted by molar-refractivity contribution is 7.11. The number of hydrogen-bond acceptors (Lipinski definition) is 3. The Morgan fingerprint density at radius 1 is 1.71 bits per heavy atom. The fraction of sp³-hybridized carbons (Fsp3) is 0.500. The molecular weight excluding hydrogens is 216 g/mol. The molecule has 1 N–H and O–H groups in total. The van der Waals surface area contributed by atoms with Gasteiger partial charge in [-0.3, -0.25) is 0 Å². The maximum atomic E-state index is 6.03. The molecule has 1 unspecified atom stereocenters. The Morgan fingerprint density at radius 2 is 2.57 bits per heavy atom. The zero-order valence-corrected chi connectivity index (χ0v) is 9.66. The maximum absolute atomic E-state index is 6.03. The third kappa shape index (κ3) is 2.56. The molecule has 2 heterocycles. The predicted molar refractivity (Wildman–Crippen MR) is 61.1 cm³/mol. The van der Waals surface area contributed by atoms with Gasteiger partial charge in [0.05, 0.1) is 10.4 Å². The lowest BCUT2D eigenvalue weighted by atomic mass is 10.1. The highest BCUT2D eigenvalue weighted by Crippen LogP contribution is 2.18. The van der Waals surface area contributed by atoms with Crippen molar-refractivity contribution in [2.45, 2.75) is 18.7 Å². The summed E-state index contributed by atoms with van der Waals surface area (Å²) in [4.78, 5) is 5.56. The molecule has 0 aromatic carbocycles. The highest BCUT2D eigenvalue weighted by Gasteiger charge is 2.11. The molecule has 1 atom stereocenters. The molecule has 1 aromatic rings. The van der Waals surface area contributed by atoms with Gasteiger partial charge >= 0.3 is 0 Å². The van der Waals surface area contributed by atoms with Crippen LogP contribution < -0.4 is 5.32 Å². The van der Waals surface area contributed by atoms with Crippen molar-refractivity contribution < 1.29 is 0 Å². The van der Waals surface area contributed by atoms with Crippen molar-refractivity contribution in [3.05, 3.63) is 27.7 Å². The second-order valence-corrected chi connectivity index (χ2v) is 5.37. The van der Waals surface area contributed by atoms with Gasteiger partial charge in [-0.05, 0) is 6.92 Å². The molecule has 0 bridgehead atoms. The fourth-order valence-electron chi connectivity index (χ4n) is 1.58. The molecule has 14 heavy (non-hydrogen) atoms. The topological polar surface area (TPSA) is 24.9 Å². The van der Waals surface area contributed by atoms with Crippen LogP contribution in [0, 0.1) is 6.92 Å². The van der Waals surface area contributed by atoms with Crippen molar-refractivity contribution in [3.63, 3.8) is 0 Å². The van der Waals surface area contributed by atoms with Gasteiger partial charge in [-0.1, -0.05) is 11.6 Å². The molecule has 0 fully saturated rings. The minimum Gasteiger partial charge on any atom is -0.311 e. The lowest BCUT2D eigenvalue weighted by Gasteiger charge is -2.17. The molecule has 0 amide bonds. The van der Waals surface area contributed by atoms with E-state index in [0.29, 0.717) is 0 Å². The maximum Gasteiger partial charge on any atom is 0.0896 e. The van der Waals surface area contributed by atoms with Crippen molar-refractivity contribution in [1.82, 2.24) is 10.3 Å². The summed E-state index contributed by atoms with van der Waals surface area (Å²) in [5.74, 6) is 0. The molecule has 4 heteroatoms. The first-order valence-electron chi connectivity index (χ1n) is 4.69. The zero-order chi connectivity index (χ0) is 9.97. The fourth-order valence-corrected chi connectivity index (χ4v) is 2.71. The molecule has 0 spiro atoms. The van der Waals surface area contributed by atoms with Crippen LogP contribution in [0.3, 0.4) is 0 Å². The average Bonchev–Trinajstić information content (AvgIpc) is 2.51. The third-order valence-corrected chi connectivity index (χ3v) is 3.37. The van der Waals surface area contributed by atoms with Crippen LogP contribution in [0.2, 0.25) is 0 Å². The highest BCUT2D eigenvalue weighted by atomic mass is 35.5. The first-order chi connectivity index (χ1) is 6.74. The summed E-state index contributed by atoms with van der Waals surface area (Å²) in [6.45, 7) is 3.87. The van der Waals surface area contributed by atoms with Gasteiger partial charge < -0.3 is 5.32 Å². The third-order valence-electron chi connectivity index (χ3n) is 2.18. The van der Waals surface area contributed by atoms with Gasteiger partial charge in [0, 0.05) is 30.6 Å². The SMILES string of the molecule is Cc1ncc(CC2=CC(Cl)CNC2)s1. The lowest BCUT2D eigenvalue weighted by molar-refractivity contribution is 0.696. The summed E-state index contributed by atoms with van der Waals surface area (Å²) in [5, 5.41) is 4.57. The van der Waals surface area contributed by atoms with Crippen LogP contribution >= 0.6 is 22.9 Å². The van der Waals surface area contributed by atoms with E-state index in [4.69, 9.17) is 11.6 Å². The van der Waals surface area contributed by atoms with Crippen molar-refractivity contribution >= 4 is 22.9 Å². The van der Waals surface area contributed by atoms with Crippen LogP contribution in [-0.2, 0) is 6.42 Å². The number of aryl methyl sites for hydroxylation is 1. The summed E-state index contributed by atoms with van der Waals surface area (Å²) in [6.07, 6.45) is 5.10. The van der Waals surface area contributed by atoms with Gasteiger partial charge in [-0.25, -0.2) is 4.98 Å². The van der Waals surface area contributed by atoms with Gasteiger partial charge in [-0.2, -0.15) is 0 Å². The quantitative estimate of drug-likeness (QED) is 0.620. The molecule has 0 aliphatic carbocycles. The number of thiazole rings is 1. The first kappa shape index (κ1) is 10.1. The Labute approximate surface area is 93.0 Å². The molecule has 0 radical (unpaired) electrons. The van der Waals surface area contributed by atoms with Crippen molar-refractivity contribution in [1.29, 1.82) is 0 Å². The minimum atomic E-state index is 0.146. The molecule has 1 aromatic heterocycles. The van der Waals surface area contributed by atoms with E-state index in [1.165, 1.54) is 10.5 Å². The van der Waals surface area contributed by atoms with Crippen molar-refractivity contribution in [3.8, 4) is 0 Å². The van der Waals surface area contributed by atoms with E-state index in [2.05, 4.69) is 16.4 Å². The molecule has 2 rings (SSSR count). The second kappa shape index (κ2) is 4.43. The van der Waals surface area contributed by atoms with Crippen LogP contribution in [0.5, 0.6) is 0 Å². The normalized spacial score (nSPS) is 22.1. The molecule has 76 valence electrons. The van der Waals surface area contributed by atoms with E-state index in [1.54, 1.807) is 11.3 Å². The van der Waals surface area contributed by atoms with Crippen LogP contribution in [0.25, 0.3) is 0 Å². The summed E-state index contributed by atoms with van der Waals surface area (Å²) in [5.41, 5.74) is 1.37. The smallest absolute Gasteiger partial charge is 0.0896 e. The number of rotatable bonds is 2. The average molecular weight is 229 g/mol. The molecular formula is C10H13ClN2S. The van der Waals surface area contributed by atoms with E-state index in [-0.39, 0.29) is 5.38 Å². The Hall–Kier alpha value is -0.380. The van der Waals surface area contributed by atoms with Gasteiger partial charge in [0.2, 0.25) is 0 Å². The van der Waals surface area contributed by atoms with E-state index in [9.17, 15) is 0 Å². The molecule has 0 saturated heterocycles. The number of nitrogens with one attached hydrogen (secondary N) is 1. The van der Waals surface area contributed by atoms with Crippen LogP contribution in [0.4, 0.5) is 0 Å². The largest absolute Gasteiger partial charge is 0.311 e. The monoisotopic (exact) mass is 228 g/mol. The summed E-state index contributed by atoms with van der Waals surface area (Å²) < 4.78 is 0. The van der Waals surface area contributed by atoms with Crippen molar-refractivity contribution in [2.24, 2.45) is 0 Å². The predicted octanol–water partition coefficient (Wildman–Crippen LogP) is 2.13. The van der Waals surface area contributed by atoms with E-state index in [0.717, 1.165) is 24.5 Å². The minimum absolute atomic E-state index is 0.146. The van der Waals surface area contributed by atoms with Gasteiger partial charge in [0.1, 0.15) is 0 Å². The number of halogens is 1. The van der Waals surface area contributed by atoms with Crippen LogP contribution in [0.15, 0.2) is 17.8 Å². The Balaban J connectivity index is 2.03. The van der Waals surface area contributed by atoms with Crippen molar-refractivity contribution in [2.75, 3.05) is 13.1 Å². The van der Waals surface area contributed by atoms with E-state index >= 15 is 0 Å². The van der Waals surface area contributed by atoms with Gasteiger partial charge in [0.25, 0.3) is 0 Å². The number of aromatic nitrogens is 1.